The summed E-state index contributed by atoms with van der Waals surface area (Å²) in [5.74, 6) is 0.547. The number of fused-ring (bicyclic) bond motifs is 4. The number of nitrogens with zero attached hydrogens (tertiary/aromatic N) is 2. The van der Waals surface area contributed by atoms with Gasteiger partial charge in [0.05, 0.1) is 19.3 Å². The predicted octanol–water partition coefficient (Wildman–Crippen LogP) is 12.3. The molecule has 0 bridgehead atoms. The van der Waals surface area contributed by atoms with Crippen LogP contribution in [-0.2, 0) is 30.3 Å². The number of rotatable bonds is 12. The van der Waals surface area contributed by atoms with Crippen LogP contribution < -0.4 is 5.19 Å². The third kappa shape index (κ3) is 8.84. The molecule has 2 aromatic heterocycles. The number of thiophene rings is 1. The predicted molar refractivity (Wildman–Crippen MR) is 216 cm³/mol. The molecular weight excluding hydrogens is 829 g/mol. The van der Waals surface area contributed by atoms with E-state index in [1.165, 1.54) is 50.6 Å². The molecule has 0 unspecified atom stereocenters. The zero-order valence-corrected chi connectivity index (χ0v) is 36.1. The van der Waals surface area contributed by atoms with E-state index in [1.54, 1.807) is 11.5 Å². The second-order valence-electron chi connectivity index (χ2n) is 14.4. The Labute approximate surface area is 319 Å². The van der Waals surface area contributed by atoms with Crippen molar-refractivity contribution in [3.8, 4) is 11.3 Å². The summed E-state index contributed by atoms with van der Waals surface area (Å²) in [6, 6.07) is 25.6. The normalized spacial score (nSPS) is 12.4. The third-order valence-corrected chi connectivity index (χ3v) is 17.6. The molecule has 0 fully saturated rings. The van der Waals surface area contributed by atoms with Gasteiger partial charge in [-0.1, -0.05) is 129 Å². The minimum absolute atomic E-state index is 0. The van der Waals surface area contributed by atoms with E-state index in [0.717, 1.165) is 47.2 Å². The van der Waals surface area contributed by atoms with Crippen molar-refractivity contribution in [3.05, 3.63) is 78.3 Å². The summed E-state index contributed by atoms with van der Waals surface area (Å²) >= 11 is 1.82. The summed E-state index contributed by atoms with van der Waals surface area (Å²) in [5.41, 5.74) is 4.65. The van der Waals surface area contributed by atoms with Crippen LogP contribution in [0.15, 0.2) is 66.7 Å². The number of hydrogen-bond acceptors (Lipinski definition) is 5. The van der Waals surface area contributed by atoms with E-state index in [0.29, 0.717) is 0 Å². The smallest absolute Gasteiger partial charge is 0.162 e. The maximum atomic E-state index is 11.7. The number of aliphatic hydroxyl groups is 1. The number of ketones is 1. The molecule has 50 heavy (non-hydrogen) atoms. The first-order valence-electron chi connectivity index (χ1n) is 18.5. The first-order chi connectivity index (χ1) is 23.4. The standard InChI is InChI=1S/C30H33N2SSi.C13H24O2.Ir/c1-7-34(8-2,9-3)26-17-21(16-20-12-10-11-13-23(20)26)27-29-28(32-19-31-27)24-15-14-22(30(4,5)6)18-25(24)33-29;1-5-10(6-2)12(14)9-13(15)11(7-3)8-4;/h10-15,17-19H,7-9H2,1-6H3;9-11,14H,5-8H2,1-4H3;/q-1;;/b;12-9-;. The van der Waals surface area contributed by atoms with Gasteiger partial charge in [0.1, 0.15) is 6.33 Å². The molecule has 0 aliphatic heterocycles. The van der Waals surface area contributed by atoms with Crippen LogP contribution in [-0.4, -0.2) is 28.9 Å². The molecule has 271 valence electrons. The van der Waals surface area contributed by atoms with Gasteiger partial charge in [-0.2, -0.15) is 0 Å². The quantitative estimate of drug-likeness (QED) is 0.0587. The van der Waals surface area contributed by atoms with Gasteiger partial charge in [-0.25, -0.2) is 4.98 Å². The first-order valence-corrected chi connectivity index (χ1v) is 21.9. The summed E-state index contributed by atoms with van der Waals surface area (Å²) in [6.07, 6.45) is 6.64. The number of carbonyl (C=O) groups excluding carboxylic acids is 1. The van der Waals surface area contributed by atoms with E-state index in [-0.39, 0.29) is 48.9 Å². The SMILES string of the molecule is CCC(CC)C(=O)/C=C(\O)C(CC)CC.CC[Si](CC)(CC)c1cc(-c2ncnc3c2sc2cc(C(C)(C)C)ccc23)[c-]c2ccccc12.[Ir]. The van der Waals surface area contributed by atoms with Crippen LogP contribution in [0.5, 0.6) is 0 Å². The van der Waals surface area contributed by atoms with Crippen LogP contribution in [0, 0.1) is 17.9 Å². The minimum atomic E-state index is -1.61. The molecule has 1 radical (unpaired) electrons. The fourth-order valence-corrected chi connectivity index (χ4v) is 12.2. The summed E-state index contributed by atoms with van der Waals surface area (Å²) < 4.78 is 2.45. The molecule has 0 aliphatic carbocycles. The van der Waals surface area contributed by atoms with Crippen molar-refractivity contribution in [1.29, 1.82) is 0 Å². The van der Waals surface area contributed by atoms with E-state index in [9.17, 15) is 9.90 Å². The van der Waals surface area contributed by atoms with Gasteiger partial charge in [0.25, 0.3) is 0 Å². The van der Waals surface area contributed by atoms with Gasteiger partial charge in [-0.15, -0.1) is 40.1 Å². The van der Waals surface area contributed by atoms with Gasteiger partial charge in [-0.05, 0) is 42.7 Å². The second-order valence-corrected chi connectivity index (χ2v) is 20.7. The Morgan fingerprint density at radius 1 is 0.860 bits per heavy atom. The Kier molecular flexibility index (Phi) is 15.2. The monoisotopic (exact) mass is 886 g/mol. The zero-order valence-electron chi connectivity index (χ0n) is 31.9. The average molecular weight is 886 g/mol. The van der Waals surface area contributed by atoms with Gasteiger partial charge in [0.15, 0.2) is 5.78 Å². The number of hydrogen-bond donors (Lipinski definition) is 1. The average Bonchev–Trinajstić information content (AvgIpc) is 3.48. The van der Waals surface area contributed by atoms with Crippen molar-refractivity contribution >= 4 is 61.5 Å². The van der Waals surface area contributed by atoms with Gasteiger partial charge < -0.3 is 5.11 Å². The summed E-state index contributed by atoms with van der Waals surface area (Å²) in [5, 5.41) is 15.1. The van der Waals surface area contributed by atoms with Crippen LogP contribution >= 0.6 is 11.3 Å². The Morgan fingerprint density at radius 3 is 2.06 bits per heavy atom. The molecule has 0 spiro atoms. The number of aromatic nitrogens is 2. The van der Waals surface area contributed by atoms with Gasteiger partial charge in [-0.3, -0.25) is 9.78 Å². The minimum Gasteiger partial charge on any atom is -0.512 e. The Bertz CT molecular complexity index is 1910. The van der Waals surface area contributed by atoms with E-state index >= 15 is 0 Å². The van der Waals surface area contributed by atoms with Gasteiger partial charge >= 0.3 is 0 Å². The topological polar surface area (TPSA) is 63.1 Å². The molecule has 4 nitrogen and oxygen atoms in total. The zero-order chi connectivity index (χ0) is 35.9. The molecule has 7 heteroatoms. The molecule has 0 saturated heterocycles. The summed E-state index contributed by atoms with van der Waals surface area (Å²) in [4.78, 5) is 21.3. The molecule has 5 rings (SSSR count). The van der Waals surface area contributed by atoms with Crippen LogP contribution in [0.1, 0.15) is 100 Å². The van der Waals surface area contributed by atoms with Crippen molar-refractivity contribution in [2.45, 2.75) is 118 Å². The molecular formula is C43H57IrN2O2SSi-. The third-order valence-electron chi connectivity index (χ3n) is 10.8. The van der Waals surface area contributed by atoms with E-state index in [1.807, 2.05) is 39.0 Å². The second kappa shape index (κ2) is 18.2. The van der Waals surface area contributed by atoms with Crippen molar-refractivity contribution in [2.24, 2.45) is 11.8 Å². The van der Waals surface area contributed by atoms with Crippen molar-refractivity contribution in [2.75, 3.05) is 0 Å². The van der Waals surface area contributed by atoms with E-state index < -0.39 is 8.07 Å². The molecule has 0 amide bonds. The Morgan fingerprint density at radius 2 is 1.48 bits per heavy atom. The summed E-state index contributed by atoms with van der Waals surface area (Å²) in [7, 11) is -1.61. The Balaban J connectivity index is 0.000000361. The van der Waals surface area contributed by atoms with Gasteiger partial charge in [0.2, 0.25) is 0 Å². The fourth-order valence-electron chi connectivity index (χ4n) is 7.13. The van der Waals surface area contributed by atoms with Crippen molar-refractivity contribution in [1.82, 2.24) is 9.97 Å². The van der Waals surface area contributed by atoms with Crippen LogP contribution in [0.2, 0.25) is 18.1 Å². The van der Waals surface area contributed by atoms with Crippen molar-refractivity contribution in [3.63, 3.8) is 0 Å². The number of aliphatic hydroxyl groups excluding tert-OH is 1. The molecule has 5 aromatic rings. The van der Waals surface area contributed by atoms with Gasteiger partial charge in [0, 0.05) is 58.5 Å². The maximum Gasteiger partial charge on any atom is 0.162 e. The molecule has 0 aliphatic rings. The molecule has 0 saturated carbocycles. The molecule has 2 heterocycles. The van der Waals surface area contributed by atoms with E-state index in [2.05, 4.69) is 96.1 Å². The van der Waals surface area contributed by atoms with Crippen LogP contribution in [0.25, 0.3) is 42.3 Å². The molecule has 0 atom stereocenters. The number of carbonyl (C=O) groups is 1. The first kappa shape index (κ1) is 41.7. The summed E-state index contributed by atoms with van der Waals surface area (Å²) in [6.45, 7) is 22.0. The maximum absolute atomic E-state index is 11.7. The number of benzene rings is 3. The Hall–Kier alpha value is -2.70. The largest absolute Gasteiger partial charge is 0.512 e. The number of allylic oxidation sites excluding steroid dienone is 2. The van der Waals surface area contributed by atoms with Crippen LogP contribution in [0.3, 0.4) is 0 Å². The van der Waals surface area contributed by atoms with E-state index in [4.69, 9.17) is 9.97 Å². The molecule has 1 N–H and O–H groups in total. The van der Waals surface area contributed by atoms with Crippen LogP contribution in [0.4, 0.5) is 0 Å². The molecule has 3 aromatic carbocycles. The van der Waals surface area contributed by atoms with Crippen molar-refractivity contribution < 1.29 is 30.0 Å². The fraction of sp³-hybridized carbons (Fsp3) is 0.465.